The smallest absolute Gasteiger partial charge is 0.0702 e. The van der Waals surface area contributed by atoms with Gasteiger partial charge in [-0.05, 0) is 55.6 Å². The van der Waals surface area contributed by atoms with Crippen molar-refractivity contribution in [1.29, 1.82) is 0 Å². The number of pyridine rings is 1. The fraction of sp³-hybridized carbons (Fsp3) is 0.500. The van der Waals surface area contributed by atoms with Crippen LogP contribution in [-0.4, -0.2) is 36.1 Å². The van der Waals surface area contributed by atoms with E-state index in [0.717, 1.165) is 18.0 Å². The molecular formula is C18H25N3. The van der Waals surface area contributed by atoms with Crippen LogP contribution in [0.3, 0.4) is 0 Å². The Labute approximate surface area is 127 Å². The molecule has 3 rings (SSSR count). The molecule has 1 aliphatic heterocycles. The first kappa shape index (κ1) is 14.5. The predicted molar refractivity (Wildman–Crippen MR) is 88.4 cm³/mol. The second-order valence-corrected chi connectivity index (χ2v) is 6.37. The molecule has 0 saturated carbocycles. The predicted octanol–water partition coefficient (Wildman–Crippen LogP) is 3.01. The molecule has 2 heterocycles. The van der Waals surface area contributed by atoms with Crippen LogP contribution in [0.5, 0.6) is 0 Å². The van der Waals surface area contributed by atoms with Crippen LogP contribution in [0.15, 0.2) is 36.5 Å². The van der Waals surface area contributed by atoms with Crippen LogP contribution in [0.2, 0.25) is 0 Å². The molecule has 21 heavy (non-hydrogen) atoms. The third-order valence-corrected chi connectivity index (χ3v) is 4.74. The summed E-state index contributed by atoms with van der Waals surface area (Å²) >= 11 is 0. The first-order valence-corrected chi connectivity index (χ1v) is 8.03. The van der Waals surface area contributed by atoms with Gasteiger partial charge in [0.25, 0.3) is 0 Å². The summed E-state index contributed by atoms with van der Waals surface area (Å²) in [5.74, 6) is 1.30. The van der Waals surface area contributed by atoms with Gasteiger partial charge >= 0.3 is 0 Å². The molecule has 1 fully saturated rings. The molecular weight excluding hydrogens is 258 g/mol. The van der Waals surface area contributed by atoms with Gasteiger partial charge in [-0.25, -0.2) is 0 Å². The molecule has 1 unspecified atom stereocenters. The van der Waals surface area contributed by atoms with Crippen LogP contribution in [0.1, 0.15) is 31.2 Å². The van der Waals surface area contributed by atoms with E-state index in [1.165, 1.54) is 36.9 Å². The number of likely N-dealkylation sites (tertiary alicyclic amines) is 1. The van der Waals surface area contributed by atoms with Crippen molar-refractivity contribution in [2.24, 2.45) is 11.7 Å². The van der Waals surface area contributed by atoms with Crippen LogP contribution in [0.25, 0.3) is 10.9 Å². The molecule has 1 saturated heterocycles. The molecule has 1 aromatic carbocycles. The van der Waals surface area contributed by atoms with Crippen molar-refractivity contribution in [2.75, 3.05) is 26.2 Å². The molecule has 2 N–H and O–H groups in total. The lowest BCUT2D eigenvalue weighted by Gasteiger charge is -2.33. The lowest BCUT2D eigenvalue weighted by Crippen LogP contribution is -2.37. The number of hydrogen-bond donors (Lipinski definition) is 1. The largest absolute Gasteiger partial charge is 0.330 e. The van der Waals surface area contributed by atoms with Crippen LogP contribution < -0.4 is 5.73 Å². The van der Waals surface area contributed by atoms with Gasteiger partial charge < -0.3 is 10.6 Å². The number of benzene rings is 1. The highest BCUT2D eigenvalue weighted by atomic mass is 15.1. The van der Waals surface area contributed by atoms with Gasteiger partial charge in [-0.15, -0.1) is 0 Å². The van der Waals surface area contributed by atoms with Crippen LogP contribution in [0, 0.1) is 5.92 Å². The third-order valence-electron chi connectivity index (χ3n) is 4.74. The number of fused-ring (bicyclic) bond motifs is 1. The Bertz CT molecular complexity index is 588. The van der Waals surface area contributed by atoms with Crippen molar-refractivity contribution in [3.63, 3.8) is 0 Å². The molecule has 0 spiro atoms. The average Bonchev–Trinajstić information content (AvgIpc) is 2.54. The van der Waals surface area contributed by atoms with E-state index in [1.807, 2.05) is 12.3 Å². The van der Waals surface area contributed by atoms with Crippen LogP contribution in [-0.2, 0) is 0 Å². The highest BCUT2D eigenvalue weighted by Gasteiger charge is 2.20. The van der Waals surface area contributed by atoms with Crippen molar-refractivity contribution < 1.29 is 0 Å². The minimum absolute atomic E-state index is 0.419. The lowest BCUT2D eigenvalue weighted by molar-refractivity contribution is 0.183. The highest BCUT2D eigenvalue weighted by molar-refractivity contribution is 5.79. The van der Waals surface area contributed by atoms with E-state index in [2.05, 4.69) is 41.1 Å². The Morgan fingerprint density at radius 2 is 2.10 bits per heavy atom. The van der Waals surface area contributed by atoms with Gasteiger partial charge in [-0.1, -0.05) is 19.1 Å². The number of nitrogens with zero attached hydrogens (tertiary/aromatic N) is 2. The zero-order chi connectivity index (χ0) is 14.7. The molecule has 3 nitrogen and oxygen atoms in total. The van der Waals surface area contributed by atoms with Crippen molar-refractivity contribution in [2.45, 2.75) is 25.7 Å². The maximum absolute atomic E-state index is 6.05. The molecule has 112 valence electrons. The van der Waals surface area contributed by atoms with Gasteiger partial charge in [0.2, 0.25) is 0 Å². The van der Waals surface area contributed by atoms with Crippen LogP contribution in [0.4, 0.5) is 0 Å². The molecule has 3 heteroatoms. The number of rotatable bonds is 4. The summed E-state index contributed by atoms with van der Waals surface area (Å²) in [5.41, 5.74) is 8.45. The SMILES string of the molecule is CC1CCN(CC(CN)c2ccc3ncccc3c2)CC1. The Kier molecular flexibility index (Phi) is 4.51. The standard InChI is InChI=1S/C18H25N3/c1-14-6-9-21(10-7-14)13-17(12-19)15-4-5-18-16(11-15)3-2-8-20-18/h2-5,8,11,14,17H,6-7,9-10,12-13,19H2,1H3. The molecule has 0 amide bonds. The average molecular weight is 283 g/mol. The van der Waals surface area contributed by atoms with Gasteiger partial charge in [0.15, 0.2) is 0 Å². The molecule has 1 aromatic heterocycles. The number of piperidine rings is 1. The second-order valence-electron chi connectivity index (χ2n) is 6.37. The molecule has 0 aliphatic carbocycles. The summed E-state index contributed by atoms with van der Waals surface area (Å²) in [6.07, 6.45) is 4.48. The molecule has 1 aliphatic rings. The van der Waals surface area contributed by atoms with E-state index >= 15 is 0 Å². The molecule has 0 bridgehead atoms. The molecule has 2 aromatic rings. The first-order chi connectivity index (χ1) is 10.3. The highest BCUT2D eigenvalue weighted by Crippen LogP contribution is 2.23. The maximum Gasteiger partial charge on any atom is 0.0702 e. The van der Waals surface area contributed by atoms with Gasteiger partial charge in [0.05, 0.1) is 5.52 Å². The van der Waals surface area contributed by atoms with Gasteiger partial charge in [-0.3, -0.25) is 4.98 Å². The maximum atomic E-state index is 6.05. The minimum Gasteiger partial charge on any atom is -0.330 e. The van der Waals surface area contributed by atoms with Crippen LogP contribution >= 0.6 is 0 Å². The van der Waals surface area contributed by atoms with E-state index in [-0.39, 0.29) is 0 Å². The minimum atomic E-state index is 0.419. The van der Waals surface area contributed by atoms with Gasteiger partial charge in [0.1, 0.15) is 0 Å². The Morgan fingerprint density at radius 1 is 1.29 bits per heavy atom. The third kappa shape index (κ3) is 3.42. The Hall–Kier alpha value is -1.45. The fourth-order valence-electron chi connectivity index (χ4n) is 3.22. The quantitative estimate of drug-likeness (QED) is 0.938. The number of hydrogen-bond acceptors (Lipinski definition) is 3. The number of nitrogens with two attached hydrogens (primary N) is 1. The summed E-state index contributed by atoms with van der Waals surface area (Å²) in [6, 6.07) is 10.7. The zero-order valence-corrected chi connectivity index (χ0v) is 12.8. The summed E-state index contributed by atoms with van der Waals surface area (Å²) in [7, 11) is 0. The Morgan fingerprint density at radius 3 is 2.86 bits per heavy atom. The van der Waals surface area contributed by atoms with Crippen molar-refractivity contribution in [3.05, 3.63) is 42.1 Å². The fourth-order valence-corrected chi connectivity index (χ4v) is 3.22. The Balaban J connectivity index is 1.74. The molecule has 1 atom stereocenters. The summed E-state index contributed by atoms with van der Waals surface area (Å²) in [5, 5.41) is 1.21. The summed E-state index contributed by atoms with van der Waals surface area (Å²) in [4.78, 5) is 6.96. The van der Waals surface area contributed by atoms with E-state index in [4.69, 9.17) is 5.73 Å². The molecule has 0 radical (unpaired) electrons. The number of aromatic nitrogens is 1. The zero-order valence-electron chi connectivity index (χ0n) is 12.8. The van der Waals surface area contributed by atoms with Gasteiger partial charge in [0, 0.05) is 30.6 Å². The van der Waals surface area contributed by atoms with E-state index in [1.54, 1.807) is 0 Å². The van der Waals surface area contributed by atoms with Gasteiger partial charge in [-0.2, -0.15) is 0 Å². The topological polar surface area (TPSA) is 42.1 Å². The monoisotopic (exact) mass is 283 g/mol. The van der Waals surface area contributed by atoms with E-state index < -0.39 is 0 Å². The first-order valence-electron chi connectivity index (χ1n) is 8.03. The second kappa shape index (κ2) is 6.54. The van der Waals surface area contributed by atoms with Crippen molar-refractivity contribution in [3.8, 4) is 0 Å². The lowest BCUT2D eigenvalue weighted by atomic mass is 9.94. The van der Waals surface area contributed by atoms with E-state index in [0.29, 0.717) is 12.5 Å². The summed E-state index contributed by atoms with van der Waals surface area (Å²) in [6.45, 7) is 6.57. The van der Waals surface area contributed by atoms with E-state index in [9.17, 15) is 0 Å². The van der Waals surface area contributed by atoms with Crippen molar-refractivity contribution in [1.82, 2.24) is 9.88 Å². The van der Waals surface area contributed by atoms with Crippen molar-refractivity contribution >= 4 is 10.9 Å². The normalized spacial score (nSPS) is 19.0. The summed E-state index contributed by atoms with van der Waals surface area (Å²) < 4.78 is 0.